The lowest BCUT2D eigenvalue weighted by Gasteiger charge is -2.28. The predicted molar refractivity (Wildman–Crippen MR) is 146 cm³/mol. The molecule has 10 nitrogen and oxygen atoms in total. The highest BCUT2D eigenvalue weighted by atomic mass is 16.5. The molecular formula is C27H34N8O2. The molecule has 1 aromatic heterocycles. The number of aromatic nitrogens is 3. The number of hydrogen-bond acceptors (Lipinski definition) is 8. The maximum Gasteiger partial charge on any atom is 0.323 e. The van der Waals surface area contributed by atoms with Crippen LogP contribution in [-0.4, -0.2) is 84.9 Å². The van der Waals surface area contributed by atoms with Crippen LogP contribution in [0.5, 0.6) is 0 Å². The molecule has 0 saturated carbocycles. The second-order valence-corrected chi connectivity index (χ2v) is 9.16. The lowest BCUT2D eigenvalue weighted by atomic mass is 10.2. The van der Waals surface area contributed by atoms with Crippen LogP contribution in [0.1, 0.15) is 13.3 Å². The first-order valence-corrected chi connectivity index (χ1v) is 13.0. The third-order valence-corrected chi connectivity index (χ3v) is 6.66. The van der Waals surface area contributed by atoms with Gasteiger partial charge in [0.2, 0.25) is 11.9 Å². The zero-order chi connectivity index (χ0) is 25.5. The first-order chi connectivity index (χ1) is 18.2. The Labute approximate surface area is 217 Å². The van der Waals surface area contributed by atoms with E-state index in [1.165, 1.54) is 0 Å². The first kappa shape index (κ1) is 24.9. The van der Waals surface area contributed by atoms with Crippen molar-refractivity contribution >= 4 is 29.3 Å². The van der Waals surface area contributed by atoms with Gasteiger partial charge in [-0.2, -0.15) is 15.0 Å². The van der Waals surface area contributed by atoms with Gasteiger partial charge in [0.25, 0.3) is 0 Å². The average molecular weight is 503 g/mol. The molecular weight excluding hydrogens is 468 g/mol. The number of para-hydroxylation sites is 1. The van der Waals surface area contributed by atoms with Crippen LogP contribution in [-0.2, 0) is 4.74 Å². The van der Waals surface area contributed by atoms with Crippen LogP contribution in [0.15, 0.2) is 54.6 Å². The molecule has 2 aliphatic rings. The highest BCUT2D eigenvalue weighted by Crippen LogP contribution is 2.24. The molecule has 2 saturated heterocycles. The Balaban J connectivity index is 1.36. The maximum absolute atomic E-state index is 12.4. The molecule has 0 atom stereocenters. The fraction of sp³-hybridized carbons (Fsp3) is 0.407. The molecule has 0 aliphatic carbocycles. The minimum absolute atomic E-state index is 0.293. The van der Waals surface area contributed by atoms with Crippen molar-refractivity contribution in [2.45, 2.75) is 13.3 Å². The molecule has 2 aromatic carbocycles. The summed E-state index contributed by atoms with van der Waals surface area (Å²) in [4.78, 5) is 33.9. The van der Waals surface area contributed by atoms with Gasteiger partial charge in [0, 0.05) is 49.7 Å². The molecule has 0 spiro atoms. The number of nitrogens with zero attached hydrogens (tertiary/aromatic N) is 6. The number of benzene rings is 2. The standard InChI is InChI=1S/C27H34N8O2/c1-2-33-13-6-14-34(16-15-33)25-30-24(31-26(32-25)35-17-19-37-20-18-35)21-9-11-23(12-10-21)29-27(36)28-22-7-4-3-5-8-22/h3-5,7-12H,2,6,13-20H2,1H3,(H2,28,29,36). The number of nitrogens with one attached hydrogen (secondary N) is 2. The van der Waals surface area contributed by atoms with Crippen molar-refractivity contribution in [2.75, 3.05) is 79.5 Å². The topological polar surface area (TPSA) is 98.8 Å². The minimum Gasteiger partial charge on any atom is -0.378 e. The molecule has 3 heterocycles. The monoisotopic (exact) mass is 502 g/mol. The Bertz CT molecular complexity index is 1170. The second-order valence-electron chi connectivity index (χ2n) is 9.16. The van der Waals surface area contributed by atoms with Gasteiger partial charge in [0.05, 0.1) is 13.2 Å². The van der Waals surface area contributed by atoms with Crippen LogP contribution in [0.25, 0.3) is 11.4 Å². The van der Waals surface area contributed by atoms with Gasteiger partial charge in [0.1, 0.15) is 0 Å². The van der Waals surface area contributed by atoms with Crippen LogP contribution < -0.4 is 20.4 Å². The molecule has 5 rings (SSSR count). The van der Waals surface area contributed by atoms with Gasteiger partial charge in [-0.05, 0) is 55.9 Å². The van der Waals surface area contributed by atoms with E-state index in [1.54, 1.807) is 0 Å². The van der Waals surface area contributed by atoms with Gasteiger partial charge in [-0.1, -0.05) is 25.1 Å². The molecule has 2 fully saturated rings. The second kappa shape index (κ2) is 12.0. The lowest BCUT2D eigenvalue weighted by molar-refractivity contribution is 0.122. The highest BCUT2D eigenvalue weighted by Gasteiger charge is 2.22. The van der Waals surface area contributed by atoms with Gasteiger partial charge < -0.3 is 30.1 Å². The van der Waals surface area contributed by atoms with E-state index in [1.807, 2.05) is 54.6 Å². The summed E-state index contributed by atoms with van der Waals surface area (Å²) in [5, 5.41) is 5.70. The van der Waals surface area contributed by atoms with E-state index in [4.69, 9.17) is 19.7 Å². The van der Waals surface area contributed by atoms with Crippen molar-refractivity contribution in [3.05, 3.63) is 54.6 Å². The number of likely N-dealkylation sites (N-methyl/N-ethyl adjacent to an activating group) is 1. The summed E-state index contributed by atoms with van der Waals surface area (Å²) in [6.45, 7) is 9.99. The smallest absolute Gasteiger partial charge is 0.323 e. The van der Waals surface area contributed by atoms with Gasteiger partial charge in [-0.3, -0.25) is 0 Å². The van der Waals surface area contributed by atoms with E-state index in [9.17, 15) is 4.79 Å². The van der Waals surface area contributed by atoms with Crippen molar-refractivity contribution < 1.29 is 9.53 Å². The molecule has 0 unspecified atom stereocenters. The Hall–Kier alpha value is -3.76. The Morgan fingerprint density at radius 2 is 1.43 bits per heavy atom. The number of carbonyl (C=O) groups is 1. The molecule has 2 amide bonds. The quantitative estimate of drug-likeness (QED) is 0.528. The highest BCUT2D eigenvalue weighted by molar-refractivity contribution is 5.99. The molecule has 37 heavy (non-hydrogen) atoms. The van der Waals surface area contributed by atoms with Crippen molar-refractivity contribution in [1.29, 1.82) is 0 Å². The van der Waals surface area contributed by atoms with Gasteiger partial charge in [-0.15, -0.1) is 0 Å². The largest absolute Gasteiger partial charge is 0.378 e. The molecule has 194 valence electrons. The van der Waals surface area contributed by atoms with Gasteiger partial charge >= 0.3 is 6.03 Å². The summed E-state index contributed by atoms with van der Waals surface area (Å²) in [6, 6.07) is 16.7. The number of rotatable bonds is 6. The number of ether oxygens (including phenoxy) is 1. The van der Waals surface area contributed by atoms with Crippen molar-refractivity contribution in [3.63, 3.8) is 0 Å². The molecule has 0 bridgehead atoms. The summed E-state index contributed by atoms with van der Waals surface area (Å²) in [7, 11) is 0. The van der Waals surface area contributed by atoms with Crippen LogP contribution in [0.4, 0.5) is 28.1 Å². The van der Waals surface area contributed by atoms with Crippen molar-refractivity contribution in [3.8, 4) is 11.4 Å². The normalized spacial score (nSPS) is 16.8. The minimum atomic E-state index is -0.293. The lowest BCUT2D eigenvalue weighted by Crippen LogP contribution is -2.38. The van der Waals surface area contributed by atoms with Crippen LogP contribution >= 0.6 is 0 Å². The van der Waals surface area contributed by atoms with Crippen molar-refractivity contribution in [1.82, 2.24) is 19.9 Å². The number of amides is 2. The Morgan fingerprint density at radius 3 is 2.11 bits per heavy atom. The van der Waals surface area contributed by atoms with E-state index in [-0.39, 0.29) is 6.03 Å². The zero-order valence-electron chi connectivity index (χ0n) is 21.3. The molecule has 2 aliphatic heterocycles. The maximum atomic E-state index is 12.4. The first-order valence-electron chi connectivity index (χ1n) is 13.0. The van der Waals surface area contributed by atoms with E-state index < -0.39 is 0 Å². The van der Waals surface area contributed by atoms with Crippen LogP contribution in [0, 0.1) is 0 Å². The number of hydrogen-bond donors (Lipinski definition) is 2. The molecule has 10 heteroatoms. The SMILES string of the molecule is CCN1CCCN(c2nc(-c3ccc(NC(=O)Nc4ccccc4)cc3)nc(N3CCOCC3)n2)CC1. The Morgan fingerprint density at radius 1 is 0.784 bits per heavy atom. The predicted octanol–water partition coefficient (Wildman–Crippen LogP) is 3.55. The number of urea groups is 1. The summed E-state index contributed by atoms with van der Waals surface area (Å²) in [5.41, 5.74) is 2.30. The summed E-state index contributed by atoms with van der Waals surface area (Å²) >= 11 is 0. The van der Waals surface area contributed by atoms with Crippen LogP contribution in [0.2, 0.25) is 0 Å². The zero-order valence-corrected chi connectivity index (χ0v) is 21.3. The van der Waals surface area contributed by atoms with Crippen molar-refractivity contribution in [2.24, 2.45) is 0 Å². The number of carbonyl (C=O) groups excluding carboxylic acids is 1. The fourth-order valence-corrected chi connectivity index (χ4v) is 4.53. The van der Waals surface area contributed by atoms with E-state index in [0.717, 1.165) is 63.5 Å². The summed E-state index contributed by atoms with van der Waals surface area (Å²) < 4.78 is 5.54. The molecule has 2 N–H and O–H groups in total. The Kier molecular flexibility index (Phi) is 8.07. The van der Waals surface area contributed by atoms with Crippen LogP contribution in [0.3, 0.4) is 0 Å². The summed E-state index contributed by atoms with van der Waals surface area (Å²) in [5.74, 6) is 2.03. The molecule has 3 aromatic rings. The fourth-order valence-electron chi connectivity index (χ4n) is 4.53. The van der Waals surface area contributed by atoms with E-state index in [2.05, 4.69) is 32.3 Å². The average Bonchev–Trinajstić information content (AvgIpc) is 3.20. The van der Waals surface area contributed by atoms with E-state index in [0.29, 0.717) is 36.6 Å². The van der Waals surface area contributed by atoms with E-state index >= 15 is 0 Å². The number of morpholine rings is 1. The molecule has 0 radical (unpaired) electrons. The number of anilines is 4. The third kappa shape index (κ3) is 6.52. The van der Waals surface area contributed by atoms with Gasteiger partial charge in [0.15, 0.2) is 5.82 Å². The van der Waals surface area contributed by atoms with Gasteiger partial charge in [-0.25, -0.2) is 4.79 Å². The summed E-state index contributed by atoms with van der Waals surface area (Å²) in [6.07, 6.45) is 1.08. The third-order valence-electron chi connectivity index (χ3n) is 6.66.